The molecule has 0 saturated heterocycles. The van der Waals surface area contributed by atoms with E-state index in [0.29, 0.717) is 11.4 Å². The van der Waals surface area contributed by atoms with Gasteiger partial charge in [-0.05, 0) is 22.5 Å². The number of hydrogen-bond acceptors (Lipinski definition) is 2. The predicted octanol–water partition coefficient (Wildman–Crippen LogP) is 1.86. The van der Waals surface area contributed by atoms with Gasteiger partial charge in [-0.2, -0.15) is 5.43 Å². The third-order valence-electron chi connectivity index (χ3n) is 4.09. The maximum absolute atomic E-state index is 10.7. The fraction of sp³-hybridized carbons (Fsp3) is 0.400. The molecule has 0 aliphatic heterocycles. The maximum Gasteiger partial charge on any atom is 0.228 e. The fourth-order valence-corrected chi connectivity index (χ4v) is 2.50. The van der Waals surface area contributed by atoms with Gasteiger partial charge in [0.05, 0.1) is 0 Å². The first-order chi connectivity index (χ1) is 11.0. The van der Waals surface area contributed by atoms with Crippen molar-refractivity contribution in [3.05, 3.63) is 47.6 Å². The minimum absolute atomic E-state index is 0.0118. The van der Waals surface area contributed by atoms with E-state index in [9.17, 15) is 5.11 Å². The number of nitrogens with two attached hydrogens (primary N) is 2. The summed E-state index contributed by atoms with van der Waals surface area (Å²) in [7, 11) is 0. The van der Waals surface area contributed by atoms with Crippen molar-refractivity contribution in [2.45, 2.75) is 52.4 Å². The minimum Gasteiger partial charge on any atom is -0.502 e. The van der Waals surface area contributed by atoms with Crippen LogP contribution in [0.15, 0.2) is 41.5 Å². The van der Waals surface area contributed by atoms with E-state index < -0.39 is 0 Å². The molecule has 4 nitrogen and oxygen atoms in total. The van der Waals surface area contributed by atoms with Gasteiger partial charge in [0.25, 0.3) is 0 Å². The summed E-state index contributed by atoms with van der Waals surface area (Å²) < 4.78 is 0. The Labute approximate surface area is 144 Å². The first-order valence-electron chi connectivity index (χ1n) is 8.26. The fourth-order valence-electron chi connectivity index (χ4n) is 2.50. The van der Waals surface area contributed by atoms with Crippen molar-refractivity contribution in [3.63, 3.8) is 0 Å². The Kier molecular flexibility index (Phi) is 4.81. The molecular weight excluding hydrogens is 298 g/mol. The van der Waals surface area contributed by atoms with Crippen LogP contribution >= 0.6 is 0 Å². The van der Waals surface area contributed by atoms with Crippen LogP contribution in [0.25, 0.3) is 0 Å². The third kappa shape index (κ3) is 4.01. The van der Waals surface area contributed by atoms with Crippen LogP contribution in [0, 0.1) is 0 Å². The van der Waals surface area contributed by atoms with E-state index in [4.69, 9.17) is 5.41 Å². The van der Waals surface area contributed by atoms with Gasteiger partial charge < -0.3 is 5.11 Å². The Morgan fingerprint density at radius 2 is 1.58 bits per heavy atom. The van der Waals surface area contributed by atoms with E-state index in [2.05, 4.69) is 52.7 Å². The zero-order valence-electron chi connectivity index (χ0n) is 15.5. The van der Waals surface area contributed by atoms with Crippen molar-refractivity contribution in [2.24, 2.45) is 5.10 Å². The summed E-state index contributed by atoms with van der Waals surface area (Å²) >= 11 is 0. The summed E-state index contributed by atoms with van der Waals surface area (Å²) in [6.45, 7) is 12.8. The SMILES string of the molecule is CC(C)(C)c1cc([NH2+]/N=C2/C=CC=CC2=[NH2+])c(O)c(C(C)(C)C)c1. The van der Waals surface area contributed by atoms with Crippen LogP contribution in [0.5, 0.6) is 5.75 Å². The van der Waals surface area contributed by atoms with Gasteiger partial charge in [-0.3, -0.25) is 5.41 Å². The van der Waals surface area contributed by atoms with E-state index in [1.165, 1.54) is 5.56 Å². The van der Waals surface area contributed by atoms with E-state index in [1.807, 2.05) is 30.4 Å². The molecule has 0 atom stereocenters. The van der Waals surface area contributed by atoms with Gasteiger partial charge in [0.1, 0.15) is 0 Å². The van der Waals surface area contributed by atoms with Crippen molar-refractivity contribution < 1.29 is 15.9 Å². The molecule has 1 aromatic carbocycles. The maximum atomic E-state index is 10.7. The van der Waals surface area contributed by atoms with Gasteiger partial charge >= 0.3 is 0 Å². The first-order valence-corrected chi connectivity index (χ1v) is 8.26. The Bertz CT molecular complexity index is 741. The molecule has 128 valence electrons. The van der Waals surface area contributed by atoms with Gasteiger partial charge in [-0.1, -0.05) is 64.9 Å². The molecule has 1 aromatic rings. The lowest BCUT2D eigenvalue weighted by Gasteiger charge is -2.26. The lowest BCUT2D eigenvalue weighted by molar-refractivity contribution is -0.577. The Balaban J connectivity index is 2.49. The molecule has 5 N–H and O–H groups in total. The summed E-state index contributed by atoms with van der Waals surface area (Å²) in [5.41, 5.74) is 5.68. The Morgan fingerprint density at radius 1 is 0.958 bits per heavy atom. The summed E-state index contributed by atoms with van der Waals surface area (Å²) in [6.07, 6.45) is 7.46. The van der Waals surface area contributed by atoms with Gasteiger partial charge in [-0.15, -0.1) is 0 Å². The van der Waals surface area contributed by atoms with Gasteiger partial charge in [0, 0.05) is 17.7 Å². The second kappa shape index (κ2) is 6.36. The monoisotopic (exact) mass is 327 g/mol. The average molecular weight is 327 g/mol. The number of aromatic hydroxyl groups is 1. The van der Waals surface area contributed by atoms with E-state index in [-0.39, 0.29) is 16.6 Å². The topological polar surface area (TPSA) is 74.8 Å². The lowest BCUT2D eigenvalue weighted by Crippen LogP contribution is -2.72. The standard InChI is InChI=1S/C20H27N3O/c1-19(2,3)13-11-14(20(4,5)6)18(24)17(12-13)23-22-16-10-8-7-9-15(16)21/h7-12,21,23-24H,1-6H3/p+2/b21-15?,22-16-. The Hall–Kier alpha value is -2.20. The number of phenols is 1. The lowest BCUT2D eigenvalue weighted by atomic mass is 9.80. The highest BCUT2D eigenvalue weighted by molar-refractivity contribution is 6.48. The molecule has 0 fully saturated rings. The van der Waals surface area contributed by atoms with Crippen molar-refractivity contribution in [3.8, 4) is 5.75 Å². The van der Waals surface area contributed by atoms with Crippen molar-refractivity contribution in [2.75, 3.05) is 0 Å². The normalized spacial score (nSPS) is 16.9. The molecule has 0 saturated carbocycles. The molecule has 0 bridgehead atoms. The quantitative estimate of drug-likeness (QED) is 0.250. The molecule has 0 heterocycles. The van der Waals surface area contributed by atoms with Crippen LogP contribution < -0.4 is 10.8 Å². The van der Waals surface area contributed by atoms with Gasteiger partial charge in [-0.25, -0.2) is 0 Å². The summed E-state index contributed by atoms with van der Waals surface area (Å²) in [5, 5.41) is 21.2. The van der Waals surface area contributed by atoms with E-state index in [1.54, 1.807) is 5.43 Å². The molecule has 0 unspecified atom stereocenters. The third-order valence-corrected chi connectivity index (χ3v) is 4.09. The van der Waals surface area contributed by atoms with Crippen LogP contribution in [0.1, 0.15) is 52.7 Å². The molecule has 1 aliphatic rings. The molecular formula is C20H29N3O+2. The molecule has 0 spiro atoms. The zero-order valence-corrected chi connectivity index (χ0v) is 15.5. The van der Waals surface area contributed by atoms with Crippen molar-refractivity contribution in [1.82, 2.24) is 0 Å². The van der Waals surface area contributed by atoms with Crippen molar-refractivity contribution in [1.29, 1.82) is 0 Å². The van der Waals surface area contributed by atoms with Crippen LogP contribution in [-0.2, 0) is 10.8 Å². The van der Waals surface area contributed by atoms with E-state index in [0.717, 1.165) is 11.3 Å². The highest BCUT2D eigenvalue weighted by atomic mass is 16.3. The predicted molar refractivity (Wildman–Crippen MR) is 99.7 cm³/mol. The number of nitrogens with zero attached hydrogens (tertiary/aromatic N) is 1. The zero-order chi connectivity index (χ0) is 18.1. The molecule has 2 rings (SSSR count). The molecule has 0 amide bonds. The highest BCUT2D eigenvalue weighted by Gasteiger charge is 2.26. The van der Waals surface area contributed by atoms with E-state index >= 15 is 0 Å². The number of allylic oxidation sites excluding steroid dienone is 4. The molecule has 1 aliphatic carbocycles. The highest BCUT2D eigenvalue weighted by Crippen LogP contribution is 2.38. The van der Waals surface area contributed by atoms with Gasteiger partial charge in [0.15, 0.2) is 17.1 Å². The molecule has 24 heavy (non-hydrogen) atoms. The largest absolute Gasteiger partial charge is 0.502 e. The van der Waals surface area contributed by atoms with Crippen LogP contribution in [-0.4, -0.2) is 16.5 Å². The number of quaternary nitrogens is 1. The summed E-state index contributed by atoms with van der Waals surface area (Å²) in [5.74, 6) is 0.286. The number of rotatable bonds is 2. The molecule has 4 heteroatoms. The Morgan fingerprint density at radius 3 is 2.12 bits per heavy atom. The van der Waals surface area contributed by atoms with Crippen LogP contribution in [0.3, 0.4) is 0 Å². The smallest absolute Gasteiger partial charge is 0.228 e. The first kappa shape index (κ1) is 18.1. The minimum atomic E-state index is -0.153. The van der Waals surface area contributed by atoms with Crippen LogP contribution in [0.4, 0.5) is 5.69 Å². The molecule has 0 radical (unpaired) electrons. The number of benzene rings is 1. The number of phenolic OH excluding ortho intramolecular Hbond substituents is 1. The summed E-state index contributed by atoms with van der Waals surface area (Å²) in [6, 6.07) is 4.11. The number of hydrogen-bond donors (Lipinski definition) is 3. The summed E-state index contributed by atoms with van der Waals surface area (Å²) in [4.78, 5) is 0. The second-order valence-electron chi connectivity index (χ2n) is 8.28. The average Bonchev–Trinajstić information content (AvgIpc) is 2.45. The van der Waals surface area contributed by atoms with Crippen molar-refractivity contribution >= 4 is 17.1 Å². The second-order valence-corrected chi connectivity index (χ2v) is 8.28. The van der Waals surface area contributed by atoms with Crippen LogP contribution in [0.2, 0.25) is 0 Å². The van der Waals surface area contributed by atoms with Gasteiger partial charge in [0.2, 0.25) is 5.71 Å². The molecule has 0 aromatic heterocycles.